The Morgan fingerprint density at radius 1 is 1.40 bits per heavy atom. The number of anilines is 2. The van der Waals surface area contributed by atoms with Crippen LogP contribution in [0, 0.1) is 6.92 Å². The first kappa shape index (κ1) is 14.3. The van der Waals surface area contributed by atoms with Crippen LogP contribution in [-0.2, 0) is 11.3 Å². The smallest absolute Gasteiger partial charge is 0.251 e. The molecule has 0 saturated heterocycles. The molecule has 3 N–H and O–H groups in total. The number of aromatic nitrogens is 1. The van der Waals surface area contributed by atoms with Gasteiger partial charge >= 0.3 is 0 Å². The van der Waals surface area contributed by atoms with Gasteiger partial charge in [-0.15, -0.1) is 0 Å². The van der Waals surface area contributed by atoms with Gasteiger partial charge in [0.2, 0.25) is 5.91 Å². The van der Waals surface area contributed by atoms with Crippen LogP contribution in [0.3, 0.4) is 0 Å². The Bertz CT molecular complexity index is 710. The third-order valence-electron chi connectivity index (χ3n) is 2.84. The van der Waals surface area contributed by atoms with Crippen molar-refractivity contribution >= 4 is 33.2 Å². The Kier molecular flexibility index (Phi) is 4.24. The maximum atomic E-state index is 12.0. The van der Waals surface area contributed by atoms with Crippen molar-refractivity contribution in [1.82, 2.24) is 4.57 Å². The quantitative estimate of drug-likeness (QED) is 0.902. The van der Waals surface area contributed by atoms with Gasteiger partial charge < -0.3 is 15.6 Å². The van der Waals surface area contributed by atoms with E-state index in [2.05, 4.69) is 21.2 Å². The number of nitrogen functional groups attached to an aromatic ring is 1. The summed E-state index contributed by atoms with van der Waals surface area (Å²) < 4.78 is 2.07. The molecule has 1 aromatic carbocycles. The Morgan fingerprint density at radius 3 is 2.80 bits per heavy atom. The van der Waals surface area contributed by atoms with Gasteiger partial charge in [0, 0.05) is 16.7 Å². The van der Waals surface area contributed by atoms with E-state index < -0.39 is 0 Å². The minimum atomic E-state index is -0.290. The maximum Gasteiger partial charge on any atom is 0.251 e. The Labute approximate surface area is 124 Å². The normalized spacial score (nSPS) is 10.3. The highest BCUT2D eigenvalue weighted by Gasteiger charge is 2.08. The average molecular weight is 336 g/mol. The third kappa shape index (κ3) is 3.27. The number of nitrogens with two attached hydrogens (primary N) is 1. The average Bonchev–Trinajstić information content (AvgIpc) is 2.39. The molecule has 2 aromatic rings. The number of nitrogens with zero attached hydrogens (tertiary/aromatic N) is 1. The highest BCUT2D eigenvalue weighted by Crippen LogP contribution is 2.21. The molecule has 0 fully saturated rings. The zero-order chi connectivity index (χ0) is 14.7. The summed E-state index contributed by atoms with van der Waals surface area (Å²) >= 11 is 3.34. The third-order valence-corrected chi connectivity index (χ3v) is 3.53. The number of pyridine rings is 1. The number of amides is 1. The van der Waals surface area contributed by atoms with Gasteiger partial charge in [0.1, 0.15) is 6.54 Å². The zero-order valence-electron chi connectivity index (χ0n) is 10.9. The first-order chi connectivity index (χ1) is 9.47. The molecule has 6 heteroatoms. The van der Waals surface area contributed by atoms with Crippen LogP contribution in [0.4, 0.5) is 11.4 Å². The standard InChI is InChI=1S/C14H14BrN3O2/c1-9-6-14(20)18(7-11(9)16)8-13(19)17-12-5-3-2-4-10(12)15/h2-7H,8,16H2,1H3,(H,17,19). The van der Waals surface area contributed by atoms with Crippen molar-refractivity contribution in [1.29, 1.82) is 0 Å². The molecule has 0 aliphatic rings. The topological polar surface area (TPSA) is 77.1 Å². The summed E-state index contributed by atoms with van der Waals surface area (Å²) in [6.07, 6.45) is 1.48. The lowest BCUT2D eigenvalue weighted by Gasteiger charge is -2.10. The van der Waals surface area contributed by atoms with E-state index in [1.807, 2.05) is 18.2 Å². The van der Waals surface area contributed by atoms with E-state index >= 15 is 0 Å². The molecule has 0 atom stereocenters. The summed E-state index contributed by atoms with van der Waals surface area (Å²) in [7, 11) is 0. The van der Waals surface area contributed by atoms with E-state index in [1.54, 1.807) is 13.0 Å². The van der Waals surface area contributed by atoms with Gasteiger partial charge in [-0.1, -0.05) is 12.1 Å². The van der Waals surface area contributed by atoms with Crippen molar-refractivity contribution in [3.05, 3.63) is 56.9 Å². The second-order valence-electron chi connectivity index (χ2n) is 4.41. The van der Waals surface area contributed by atoms with Crippen molar-refractivity contribution in [3.63, 3.8) is 0 Å². The van der Waals surface area contributed by atoms with Crippen LogP contribution >= 0.6 is 15.9 Å². The largest absolute Gasteiger partial charge is 0.397 e. The minimum Gasteiger partial charge on any atom is -0.397 e. The predicted molar refractivity (Wildman–Crippen MR) is 82.6 cm³/mol. The van der Waals surface area contributed by atoms with Crippen LogP contribution < -0.4 is 16.6 Å². The molecule has 1 amide bonds. The van der Waals surface area contributed by atoms with E-state index in [4.69, 9.17) is 5.73 Å². The molecule has 0 radical (unpaired) electrons. The lowest BCUT2D eigenvalue weighted by Crippen LogP contribution is -2.27. The van der Waals surface area contributed by atoms with Crippen molar-refractivity contribution in [2.24, 2.45) is 0 Å². The zero-order valence-corrected chi connectivity index (χ0v) is 12.5. The van der Waals surface area contributed by atoms with Crippen LogP contribution in [-0.4, -0.2) is 10.5 Å². The highest BCUT2D eigenvalue weighted by atomic mass is 79.9. The number of carbonyl (C=O) groups is 1. The number of rotatable bonds is 3. The Hall–Kier alpha value is -2.08. The fourth-order valence-electron chi connectivity index (χ4n) is 1.72. The van der Waals surface area contributed by atoms with E-state index in [-0.39, 0.29) is 18.0 Å². The molecule has 0 aliphatic carbocycles. The summed E-state index contributed by atoms with van der Waals surface area (Å²) in [6, 6.07) is 8.68. The first-order valence-electron chi connectivity index (χ1n) is 5.98. The number of aryl methyl sites for hydroxylation is 1. The molecule has 0 aliphatic heterocycles. The summed E-state index contributed by atoms with van der Waals surface area (Å²) in [5, 5.41) is 2.73. The van der Waals surface area contributed by atoms with Gasteiger partial charge in [0.05, 0.1) is 11.4 Å². The number of nitrogens with one attached hydrogen (secondary N) is 1. The number of carbonyl (C=O) groups excluding carboxylic acids is 1. The molecule has 104 valence electrons. The van der Waals surface area contributed by atoms with Crippen LogP contribution in [0.1, 0.15) is 5.56 Å². The predicted octanol–water partition coefficient (Wildman–Crippen LogP) is 2.14. The SMILES string of the molecule is Cc1cc(=O)n(CC(=O)Nc2ccccc2Br)cc1N. The van der Waals surface area contributed by atoms with E-state index in [9.17, 15) is 9.59 Å². The fraction of sp³-hybridized carbons (Fsp3) is 0.143. The second-order valence-corrected chi connectivity index (χ2v) is 5.26. The molecule has 0 spiro atoms. The van der Waals surface area contributed by atoms with Gasteiger partial charge in [-0.05, 0) is 40.5 Å². The molecule has 2 rings (SSSR count). The van der Waals surface area contributed by atoms with Crippen molar-refractivity contribution in [3.8, 4) is 0 Å². The van der Waals surface area contributed by atoms with Gasteiger partial charge in [-0.3, -0.25) is 9.59 Å². The number of hydrogen-bond acceptors (Lipinski definition) is 3. The molecule has 1 heterocycles. The molecule has 0 bridgehead atoms. The number of benzene rings is 1. The molecular weight excluding hydrogens is 322 g/mol. The van der Waals surface area contributed by atoms with E-state index in [0.717, 1.165) is 4.47 Å². The molecule has 0 saturated carbocycles. The minimum absolute atomic E-state index is 0.0787. The van der Waals surface area contributed by atoms with Gasteiger partial charge in [-0.2, -0.15) is 0 Å². The number of halogens is 1. The Morgan fingerprint density at radius 2 is 2.10 bits per heavy atom. The molecule has 5 nitrogen and oxygen atoms in total. The highest BCUT2D eigenvalue weighted by molar-refractivity contribution is 9.10. The fourth-order valence-corrected chi connectivity index (χ4v) is 2.10. The van der Waals surface area contributed by atoms with Crippen molar-refractivity contribution in [2.75, 3.05) is 11.1 Å². The number of para-hydroxylation sites is 1. The monoisotopic (exact) mass is 335 g/mol. The number of hydrogen-bond donors (Lipinski definition) is 2. The summed E-state index contributed by atoms with van der Waals surface area (Å²) in [6.45, 7) is 1.67. The van der Waals surface area contributed by atoms with Gasteiger partial charge in [-0.25, -0.2) is 0 Å². The molecular formula is C14H14BrN3O2. The van der Waals surface area contributed by atoms with E-state index in [0.29, 0.717) is 16.9 Å². The van der Waals surface area contributed by atoms with Crippen LogP contribution in [0.5, 0.6) is 0 Å². The lowest BCUT2D eigenvalue weighted by molar-refractivity contribution is -0.116. The summed E-state index contributed by atoms with van der Waals surface area (Å²) in [5.41, 5.74) is 7.34. The van der Waals surface area contributed by atoms with Crippen molar-refractivity contribution in [2.45, 2.75) is 13.5 Å². The first-order valence-corrected chi connectivity index (χ1v) is 6.77. The molecule has 1 aromatic heterocycles. The van der Waals surface area contributed by atoms with Crippen LogP contribution in [0.2, 0.25) is 0 Å². The molecule has 0 unspecified atom stereocenters. The maximum absolute atomic E-state index is 12.0. The van der Waals surface area contributed by atoms with Crippen LogP contribution in [0.25, 0.3) is 0 Å². The van der Waals surface area contributed by atoms with Crippen molar-refractivity contribution < 1.29 is 4.79 Å². The van der Waals surface area contributed by atoms with E-state index in [1.165, 1.54) is 16.8 Å². The lowest BCUT2D eigenvalue weighted by atomic mass is 10.2. The van der Waals surface area contributed by atoms with Gasteiger partial charge in [0.25, 0.3) is 5.56 Å². The van der Waals surface area contributed by atoms with Gasteiger partial charge in [0.15, 0.2) is 0 Å². The summed E-state index contributed by atoms with van der Waals surface area (Å²) in [5.74, 6) is -0.290. The second kappa shape index (κ2) is 5.92. The van der Waals surface area contributed by atoms with Crippen LogP contribution in [0.15, 0.2) is 45.8 Å². The molecule has 20 heavy (non-hydrogen) atoms. The Balaban J connectivity index is 2.15. The summed E-state index contributed by atoms with van der Waals surface area (Å²) in [4.78, 5) is 23.7.